The molecule has 0 aliphatic carbocycles. The summed E-state index contributed by atoms with van der Waals surface area (Å²) in [5.41, 5.74) is 1.07. The minimum absolute atomic E-state index is 0.464. The molecule has 0 aliphatic heterocycles. The second-order valence-corrected chi connectivity index (χ2v) is 4.66. The van der Waals surface area contributed by atoms with Gasteiger partial charge >= 0.3 is 0 Å². The number of hydrogen-bond acceptors (Lipinski definition) is 3. The molecule has 0 aliphatic rings. The van der Waals surface area contributed by atoms with Crippen molar-refractivity contribution in [1.29, 1.82) is 0 Å². The first-order valence-corrected chi connectivity index (χ1v) is 6.49. The van der Waals surface area contributed by atoms with Gasteiger partial charge in [0.05, 0.1) is 12.2 Å². The Labute approximate surface area is 108 Å². The van der Waals surface area contributed by atoms with Gasteiger partial charge in [0.25, 0.3) is 0 Å². The summed E-state index contributed by atoms with van der Waals surface area (Å²) in [5, 5.41) is 7.87. The van der Waals surface area contributed by atoms with Crippen molar-refractivity contribution in [2.45, 2.75) is 46.3 Å². The van der Waals surface area contributed by atoms with Crippen LogP contribution in [0.2, 0.25) is 0 Å². The Hall–Kier alpha value is -1.55. The first-order chi connectivity index (χ1) is 8.69. The average Bonchev–Trinajstić information content (AvgIpc) is 2.98. The Morgan fingerprint density at radius 1 is 1.33 bits per heavy atom. The molecular weight excluding hydrogens is 226 g/mol. The fourth-order valence-corrected chi connectivity index (χ4v) is 1.80. The van der Waals surface area contributed by atoms with Gasteiger partial charge in [-0.25, -0.2) is 0 Å². The van der Waals surface area contributed by atoms with Crippen LogP contribution in [0.15, 0.2) is 28.8 Å². The molecule has 0 saturated carbocycles. The summed E-state index contributed by atoms with van der Waals surface area (Å²) in [6.45, 7) is 7.81. The van der Waals surface area contributed by atoms with Gasteiger partial charge in [0.1, 0.15) is 11.5 Å². The van der Waals surface area contributed by atoms with Crippen LogP contribution in [-0.4, -0.2) is 9.78 Å². The van der Waals surface area contributed by atoms with E-state index in [1.54, 1.807) is 0 Å². The molecule has 2 heterocycles. The molecule has 0 saturated heterocycles. The molecule has 1 atom stereocenters. The molecule has 4 nitrogen and oxygen atoms in total. The van der Waals surface area contributed by atoms with Crippen LogP contribution in [0.4, 0.5) is 0 Å². The Kier molecular flexibility index (Phi) is 4.20. The monoisotopic (exact) mass is 247 g/mol. The van der Waals surface area contributed by atoms with E-state index in [2.05, 4.69) is 30.3 Å². The van der Waals surface area contributed by atoms with E-state index in [0.29, 0.717) is 6.04 Å². The molecule has 0 bridgehead atoms. The number of nitrogens with zero attached hydrogens (tertiary/aromatic N) is 2. The number of aromatic nitrogens is 2. The Morgan fingerprint density at radius 3 is 2.83 bits per heavy atom. The lowest BCUT2D eigenvalue weighted by Crippen LogP contribution is -2.13. The maximum Gasteiger partial charge on any atom is 0.117 e. The molecule has 4 heteroatoms. The molecule has 0 spiro atoms. The molecule has 0 aromatic carbocycles. The van der Waals surface area contributed by atoms with Crippen molar-refractivity contribution in [2.24, 2.45) is 0 Å². The van der Waals surface area contributed by atoms with Crippen molar-refractivity contribution >= 4 is 0 Å². The van der Waals surface area contributed by atoms with Gasteiger partial charge in [-0.05, 0) is 38.5 Å². The molecule has 1 unspecified atom stereocenters. The molecule has 2 rings (SSSR count). The molecule has 98 valence electrons. The molecular formula is C14H21N3O. The largest absolute Gasteiger partial charge is 0.465 e. The zero-order valence-electron chi connectivity index (χ0n) is 11.3. The highest BCUT2D eigenvalue weighted by Crippen LogP contribution is 2.09. The van der Waals surface area contributed by atoms with E-state index in [9.17, 15) is 0 Å². The molecule has 18 heavy (non-hydrogen) atoms. The zero-order chi connectivity index (χ0) is 13.0. The summed E-state index contributed by atoms with van der Waals surface area (Å²) in [4.78, 5) is 0. The predicted molar refractivity (Wildman–Crippen MR) is 71.2 cm³/mol. The number of nitrogens with one attached hydrogen (secondary N) is 1. The maximum atomic E-state index is 5.49. The van der Waals surface area contributed by atoms with Crippen molar-refractivity contribution in [1.82, 2.24) is 15.1 Å². The van der Waals surface area contributed by atoms with Gasteiger partial charge < -0.3 is 9.73 Å². The summed E-state index contributed by atoms with van der Waals surface area (Å²) < 4.78 is 7.52. The van der Waals surface area contributed by atoms with Crippen LogP contribution in [0.25, 0.3) is 0 Å². The summed E-state index contributed by atoms with van der Waals surface area (Å²) >= 11 is 0. The standard InChI is InChI=1S/C14H21N3O/c1-4-11(2)17-8-7-13(16-17)9-15-10-14-6-5-12(3)18-14/h5-8,11,15H,4,9-10H2,1-3H3. The molecule has 0 fully saturated rings. The van der Waals surface area contributed by atoms with Crippen LogP contribution >= 0.6 is 0 Å². The molecule has 2 aromatic rings. The molecule has 1 N–H and O–H groups in total. The van der Waals surface area contributed by atoms with Gasteiger partial charge in [-0.1, -0.05) is 6.92 Å². The highest BCUT2D eigenvalue weighted by Gasteiger charge is 2.04. The topological polar surface area (TPSA) is 43.0 Å². The molecule has 2 aromatic heterocycles. The van der Waals surface area contributed by atoms with E-state index >= 15 is 0 Å². The van der Waals surface area contributed by atoms with E-state index in [-0.39, 0.29) is 0 Å². The van der Waals surface area contributed by atoms with E-state index in [1.807, 2.05) is 29.9 Å². The lowest BCUT2D eigenvalue weighted by Gasteiger charge is -2.08. The summed E-state index contributed by atoms with van der Waals surface area (Å²) in [6, 6.07) is 6.51. The minimum Gasteiger partial charge on any atom is -0.465 e. The summed E-state index contributed by atoms with van der Waals surface area (Å²) in [7, 11) is 0. The van der Waals surface area contributed by atoms with Crippen molar-refractivity contribution in [3.63, 3.8) is 0 Å². The van der Waals surface area contributed by atoms with E-state index in [0.717, 1.165) is 36.7 Å². The first-order valence-electron chi connectivity index (χ1n) is 6.49. The van der Waals surface area contributed by atoms with Gasteiger partial charge in [0, 0.05) is 18.8 Å². The average molecular weight is 247 g/mol. The third kappa shape index (κ3) is 3.23. The lowest BCUT2D eigenvalue weighted by atomic mass is 10.3. The van der Waals surface area contributed by atoms with Gasteiger partial charge in [-0.2, -0.15) is 5.10 Å². The van der Waals surface area contributed by atoms with Crippen LogP contribution in [0.3, 0.4) is 0 Å². The van der Waals surface area contributed by atoms with Crippen LogP contribution in [0.5, 0.6) is 0 Å². The van der Waals surface area contributed by atoms with E-state index < -0.39 is 0 Å². The maximum absolute atomic E-state index is 5.49. The zero-order valence-corrected chi connectivity index (χ0v) is 11.3. The van der Waals surface area contributed by atoms with Crippen LogP contribution in [0.1, 0.15) is 43.5 Å². The molecule has 0 amide bonds. The Bertz CT molecular complexity index is 487. The second kappa shape index (κ2) is 5.87. The van der Waals surface area contributed by atoms with Crippen LogP contribution in [0, 0.1) is 6.92 Å². The van der Waals surface area contributed by atoms with E-state index in [1.165, 1.54) is 0 Å². The number of aryl methyl sites for hydroxylation is 1. The van der Waals surface area contributed by atoms with Crippen molar-refractivity contribution in [3.8, 4) is 0 Å². The van der Waals surface area contributed by atoms with E-state index in [4.69, 9.17) is 4.42 Å². The highest BCUT2D eigenvalue weighted by molar-refractivity contribution is 5.05. The fraction of sp³-hybridized carbons (Fsp3) is 0.500. The Balaban J connectivity index is 1.81. The number of hydrogen-bond donors (Lipinski definition) is 1. The minimum atomic E-state index is 0.464. The second-order valence-electron chi connectivity index (χ2n) is 4.66. The molecule has 0 radical (unpaired) electrons. The smallest absolute Gasteiger partial charge is 0.117 e. The fourth-order valence-electron chi connectivity index (χ4n) is 1.80. The van der Waals surface area contributed by atoms with Gasteiger partial charge in [-0.15, -0.1) is 0 Å². The SMILES string of the molecule is CCC(C)n1ccc(CNCc2ccc(C)o2)n1. The highest BCUT2D eigenvalue weighted by atomic mass is 16.3. The third-order valence-electron chi connectivity index (χ3n) is 3.11. The first kappa shape index (κ1) is 12.9. The van der Waals surface area contributed by atoms with Gasteiger partial charge in [-0.3, -0.25) is 4.68 Å². The lowest BCUT2D eigenvalue weighted by molar-refractivity contribution is 0.454. The Morgan fingerprint density at radius 2 is 2.17 bits per heavy atom. The van der Waals surface area contributed by atoms with Gasteiger partial charge in [0.2, 0.25) is 0 Å². The quantitative estimate of drug-likeness (QED) is 0.853. The number of rotatable bonds is 6. The van der Waals surface area contributed by atoms with Crippen molar-refractivity contribution in [3.05, 3.63) is 41.6 Å². The third-order valence-corrected chi connectivity index (χ3v) is 3.11. The van der Waals surface area contributed by atoms with Gasteiger partial charge in [0.15, 0.2) is 0 Å². The number of furan rings is 1. The normalized spacial score (nSPS) is 12.8. The predicted octanol–water partition coefficient (Wildman–Crippen LogP) is 3.05. The summed E-state index contributed by atoms with van der Waals surface area (Å²) in [6.07, 6.45) is 3.14. The van der Waals surface area contributed by atoms with Crippen LogP contribution < -0.4 is 5.32 Å². The van der Waals surface area contributed by atoms with Crippen LogP contribution in [-0.2, 0) is 13.1 Å². The van der Waals surface area contributed by atoms with Crippen molar-refractivity contribution < 1.29 is 4.42 Å². The summed E-state index contributed by atoms with van der Waals surface area (Å²) in [5.74, 6) is 1.92. The van der Waals surface area contributed by atoms with Crippen molar-refractivity contribution in [2.75, 3.05) is 0 Å².